The Bertz CT molecular complexity index is 685. The second-order valence-electron chi connectivity index (χ2n) is 5.83. The van der Waals surface area contributed by atoms with Crippen molar-refractivity contribution in [1.29, 1.82) is 0 Å². The van der Waals surface area contributed by atoms with Crippen molar-refractivity contribution < 1.29 is 26.4 Å². The van der Waals surface area contributed by atoms with Crippen molar-refractivity contribution in [3.63, 3.8) is 0 Å². The highest BCUT2D eigenvalue weighted by Gasteiger charge is 2.39. The van der Waals surface area contributed by atoms with E-state index in [9.17, 15) is 26.4 Å². The number of benzene rings is 1. The third kappa shape index (κ3) is 4.22. The Morgan fingerprint density at radius 2 is 2.05 bits per heavy atom. The molecule has 0 aliphatic carbocycles. The summed E-state index contributed by atoms with van der Waals surface area (Å²) in [7, 11) is -3.16. The monoisotopic (exact) mass is 335 g/mol. The third-order valence-corrected chi connectivity index (χ3v) is 5.47. The number of sulfone groups is 1. The highest BCUT2D eigenvalue weighted by molar-refractivity contribution is 7.91. The Labute approximate surface area is 126 Å². The van der Waals surface area contributed by atoms with Crippen molar-refractivity contribution in [3.8, 4) is 0 Å². The molecule has 1 aromatic rings. The molecule has 0 radical (unpaired) electrons. The van der Waals surface area contributed by atoms with E-state index < -0.39 is 33.0 Å². The molecule has 1 saturated heterocycles. The van der Waals surface area contributed by atoms with Gasteiger partial charge in [-0.1, -0.05) is 18.2 Å². The van der Waals surface area contributed by atoms with Gasteiger partial charge in [0.25, 0.3) is 0 Å². The van der Waals surface area contributed by atoms with Crippen LogP contribution in [0.25, 0.3) is 0 Å². The van der Waals surface area contributed by atoms with Gasteiger partial charge in [0.2, 0.25) is 5.91 Å². The number of hydrogen-bond donors (Lipinski definition) is 1. The van der Waals surface area contributed by atoms with E-state index in [0.717, 1.165) is 12.1 Å². The fraction of sp³-hybridized carbons (Fsp3) is 0.500. The summed E-state index contributed by atoms with van der Waals surface area (Å²) < 4.78 is 60.8. The van der Waals surface area contributed by atoms with Gasteiger partial charge in [0, 0.05) is 0 Å². The van der Waals surface area contributed by atoms with Gasteiger partial charge >= 0.3 is 6.18 Å². The van der Waals surface area contributed by atoms with Crippen molar-refractivity contribution in [1.82, 2.24) is 5.32 Å². The summed E-state index contributed by atoms with van der Waals surface area (Å²) in [5.41, 5.74) is -1.43. The summed E-state index contributed by atoms with van der Waals surface area (Å²) in [6.45, 7) is 1.63. The Kier molecular flexibility index (Phi) is 4.25. The minimum absolute atomic E-state index is 0.00728. The molecule has 2 rings (SSSR count). The van der Waals surface area contributed by atoms with Gasteiger partial charge in [-0.15, -0.1) is 0 Å². The van der Waals surface area contributed by atoms with Gasteiger partial charge in [0.05, 0.1) is 29.0 Å². The second-order valence-corrected chi connectivity index (χ2v) is 8.01. The number of carbonyl (C=O) groups excluding carboxylic acids is 1. The SMILES string of the molecule is CC1(NC(=O)Cc2cccc(C(F)(F)F)c2)CCS(=O)(=O)C1. The highest BCUT2D eigenvalue weighted by Crippen LogP contribution is 2.29. The van der Waals surface area contributed by atoms with Gasteiger partial charge in [-0.2, -0.15) is 13.2 Å². The number of rotatable bonds is 3. The average Bonchev–Trinajstić information content (AvgIpc) is 2.62. The molecule has 1 aromatic carbocycles. The molecule has 122 valence electrons. The standard InChI is InChI=1S/C14H16F3NO3S/c1-13(5-6-22(20,21)9-13)18-12(19)8-10-3-2-4-11(7-10)14(15,16)17/h2-4,7H,5-6,8-9H2,1H3,(H,18,19). The zero-order chi connectivity index (χ0) is 16.6. The normalized spacial score (nSPS) is 24.2. The molecule has 22 heavy (non-hydrogen) atoms. The first-order valence-corrected chi connectivity index (χ1v) is 8.49. The lowest BCUT2D eigenvalue weighted by Crippen LogP contribution is -2.47. The number of hydrogen-bond acceptors (Lipinski definition) is 3. The van der Waals surface area contributed by atoms with Gasteiger partial charge in [0.1, 0.15) is 0 Å². The minimum atomic E-state index is -4.46. The van der Waals surface area contributed by atoms with Crippen LogP contribution in [0.5, 0.6) is 0 Å². The van der Waals surface area contributed by atoms with Crippen molar-refractivity contribution in [2.75, 3.05) is 11.5 Å². The molecule has 1 unspecified atom stereocenters. The molecule has 0 aromatic heterocycles. The fourth-order valence-electron chi connectivity index (χ4n) is 2.53. The number of halogens is 3. The maximum Gasteiger partial charge on any atom is 0.416 e. The van der Waals surface area contributed by atoms with Crippen LogP contribution in [0.2, 0.25) is 0 Å². The Morgan fingerprint density at radius 3 is 2.59 bits per heavy atom. The molecule has 1 N–H and O–H groups in total. The van der Waals surface area contributed by atoms with Crippen molar-refractivity contribution in [2.24, 2.45) is 0 Å². The first kappa shape index (κ1) is 16.8. The Hall–Kier alpha value is -1.57. The number of alkyl halides is 3. The smallest absolute Gasteiger partial charge is 0.350 e. The van der Waals surface area contributed by atoms with Crippen LogP contribution >= 0.6 is 0 Å². The fourth-order valence-corrected chi connectivity index (χ4v) is 4.63. The zero-order valence-corrected chi connectivity index (χ0v) is 12.7. The molecule has 1 aliphatic heterocycles. The van der Waals surface area contributed by atoms with Gasteiger partial charge in [-0.05, 0) is 25.0 Å². The molecule has 0 spiro atoms. The van der Waals surface area contributed by atoms with E-state index in [4.69, 9.17) is 0 Å². The maximum atomic E-state index is 12.6. The first-order valence-electron chi connectivity index (χ1n) is 6.67. The lowest BCUT2D eigenvalue weighted by molar-refractivity contribution is -0.137. The second kappa shape index (κ2) is 5.57. The lowest BCUT2D eigenvalue weighted by atomic mass is 10.0. The topological polar surface area (TPSA) is 63.2 Å². The van der Waals surface area contributed by atoms with Gasteiger partial charge in [-0.25, -0.2) is 8.42 Å². The van der Waals surface area contributed by atoms with Gasteiger partial charge in [0.15, 0.2) is 9.84 Å². The van der Waals surface area contributed by atoms with Crippen LogP contribution in [0.3, 0.4) is 0 Å². The molecule has 4 nitrogen and oxygen atoms in total. The van der Waals surface area contributed by atoms with Crippen molar-refractivity contribution in [3.05, 3.63) is 35.4 Å². The van der Waals surface area contributed by atoms with Crippen LogP contribution in [0, 0.1) is 0 Å². The minimum Gasteiger partial charge on any atom is -0.350 e. The van der Waals surface area contributed by atoms with E-state index in [-0.39, 0.29) is 23.5 Å². The van der Waals surface area contributed by atoms with Gasteiger partial charge < -0.3 is 5.32 Å². The molecular weight excluding hydrogens is 319 g/mol. The van der Waals surface area contributed by atoms with E-state index in [1.54, 1.807) is 6.92 Å². The van der Waals surface area contributed by atoms with E-state index in [1.165, 1.54) is 12.1 Å². The van der Waals surface area contributed by atoms with Gasteiger partial charge in [-0.3, -0.25) is 4.79 Å². The summed E-state index contributed by atoms with van der Waals surface area (Å²) in [4.78, 5) is 12.0. The average molecular weight is 335 g/mol. The molecule has 1 atom stereocenters. The zero-order valence-electron chi connectivity index (χ0n) is 11.9. The quantitative estimate of drug-likeness (QED) is 0.918. The summed E-state index contributed by atoms with van der Waals surface area (Å²) in [5, 5.41) is 2.62. The molecule has 8 heteroatoms. The summed E-state index contributed by atoms with van der Waals surface area (Å²) in [6.07, 6.45) is -4.37. The Balaban J connectivity index is 2.04. The molecule has 1 amide bonds. The number of carbonyl (C=O) groups is 1. The summed E-state index contributed by atoms with van der Waals surface area (Å²) in [6, 6.07) is 4.54. The van der Waals surface area contributed by atoms with E-state index in [2.05, 4.69) is 5.32 Å². The van der Waals surface area contributed by atoms with Crippen LogP contribution in [-0.2, 0) is 27.2 Å². The largest absolute Gasteiger partial charge is 0.416 e. The highest BCUT2D eigenvalue weighted by atomic mass is 32.2. The maximum absolute atomic E-state index is 12.6. The molecule has 1 heterocycles. The molecule has 0 bridgehead atoms. The lowest BCUT2D eigenvalue weighted by Gasteiger charge is -2.24. The van der Waals surface area contributed by atoms with Crippen molar-refractivity contribution >= 4 is 15.7 Å². The van der Waals surface area contributed by atoms with Crippen molar-refractivity contribution in [2.45, 2.75) is 31.5 Å². The third-order valence-electron chi connectivity index (χ3n) is 3.56. The number of nitrogens with one attached hydrogen (secondary N) is 1. The predicted octanol–water partition coefficient (Wildman–Crippen LogP) is 1.94. The van der Waals surface area contributed by atoms with E-state index >= 15 is 0 Å². The Morgan fingerprint density at radius 1 is 1.36 bits per heavy atom. The van der Waals surface area contributed by atoms with Crippen LogP contribution in [0.15, 0.2) is 24.3 Å². The van der Waals surface area contributed by atoms with Crippen LogP contribution < -0.4 is 5.32 Å². The molecule has 1 aliphatic rings. The molecular formula is C14H16F3NO3S. The number of amides is 1. The predicted molar refractivity (Wildman–Crippen MR) is 75.0 cm³/mol. The van der Waals surface area contributed by atoms with Crippen LogP contribution in [0.4, 0.5) is 13.2 Å². The van der Waals surface area contributed by atoms with Crippen LogP contribution in [0.1, 0.15) is 24.5 Å². The molecule has 1 fully saturated rings. The summed E-state index contributed by atoms with van der Waals surface area (Å²) >= 11 is 0. The summed E-state index contributed by atoms with van der Waals surface area (Å²) in [5.74, 6) is -0.624. The van der Waals surface area contributed by atoms with E-state index in [1.807, 2.05) is 0 Å². The molecule has 0 saturated carbocycles. The van der Waals surface area contributed by atoms with E-state index in [0.29, 0.717) is 6.42 Å². The first-order chi connectivity index (χ1) is 9.99. The van der Waals surface area contributed by atoms with Crippen LogP contribution in [-0.4, -0.2) is 31.4 Å².